The van der Waals surface area contributed by atoms with Crippen LogP contribution in [0.25, 0.3) is 0 Å². The first kappa shape index (κ1) is 10.2. The monoisotopic (exact) mass is 184 g/mol. The maximum atomic E-state index is 11.6. The minimum atomic E-state index is -0.631. The number of likely N-dealkylation sites (N-methyl/N-ethyl adjacent to an activating group) is 1. The Balaban J connectivity index is 2.80. The molecule has 1 atom stereocenters. The van der Waals surface area contributed by atoms with Gasteiger partial charge in [0.2, 0.25) is 12.3 Å². The van der Waals surface area contributed by atoms with Gasteiger partial charge in [-0.25, -0.2) is 0 Å². The molecule has 74 valence electrons. The molecule has 1 aliphatic carbocycles. The quantitative estimate of drug-likeness (QED) is 0.606. The van der Waals surface area contributed by atoms with Crippen molar-refractivity contribution in [1.82, 2.24) is 10.6 Å². The molecule has 1 saturated carbocycles. The van der Waals surface area contributed by atoms with E-state index in [1.54, 1.807) is 7.05 Å². The minimum absolute atomic E-state index is 0.00512. The van der Waals surface area contributed by atoms with Crippen molar-refractivity contribution in [1.29, 1.82) is 0 Å². The molecule has 0 aromatic carbocycles. The van der Waals surface area contributed by atoms with Crippen molar-refractivity contribution in [2.75, 3.05) is 7.05 Å². The van der Waals surface area contributed by atoms with Crippen molar-refractivity contribution >= 4 is 12.3 Å². The summed E-state index contributed by atoms with van der Waals surface area (Å²) in [7, 11) is 1.74. The Labute approximate surface area is 78.1 Å². The first-order chi connectivity index (χ1) is 6.00. The summed E-state index contributed by atoms with van der Waals surface area (Å²) in [6.07, 6.45) is 2.48. The normalized spacial score (nSPS) is 23.0. The van der Waals surface area contributed by atoms with Gasteiger partial charge in [0, 0.05) is 0 Å². The highest BCUT2D eigenvalue weighted by Gasteiger charge is 2.56. The van der Waals surface area contributed by atoms with Gasteiger partial charge in [-0.2, -0.15) is 0 Å². The minimum Gasteiger partial charge on any atom is -0.306 e. The second-order valence-electron chi connectivity index (χ2n) is 4.03. The Bertz CT molecular complexity index is 236. The van der Waals surface area contributed by atoms with Crippen molar-refractivity contribution in [3.05, 3.63) is 0 Å². The SMILES string of the molecule is CNC(C)(C(=O)NC=O)C1(C)CC1. The molecule has 1 rings (SSSR count). The fourth-order valence-electron chi connectivity index (χ4n) is 1.57. The molecular weight excluding hydrogens is 168 g/mol. The average molecular weight is 184 g/mol. The van der Waals surface area contributed by atoms with E-state index in [4.69, 9.17) is 0 Å². The predicted molar refractivity (Wildman–Crippen MR) is 49.0 cm³/mol. The lowest BCUT2D eigenvalue weighted by molar-refractivity contribution is -0.132. The van der Waals surface area contributed by atoms with Crippen LogP contribution in [0.3, 0.4) is 0 Å². The number of rotatable bonds is 4. The van der Waals surface area contributed by atoms with Crippen LogP contribution in [0.2, 0.25) is 0 Å². The van der Waals surface area contributed by atoms with Gasteiger partial charge < -0.3 is 5.32 Å². The lowest BCUT2D eigenvalue weighted by Gasteiger charge is -2.33. The maximum Gasteiger partial charge on any atom is 0.246 e. The summed E-state index contributed by atoms with van der Waals surface area (Å²) in [4.78, 5) is 21.7. The molecule has 0 bridgehead atoms. The zero-order chi connectivity index (χ0) is 10.1. The fraction of sp³-hybridized carbons (Fsp3) is 0.778. The molecule has 1 fully saturated rings. The third-order valence-electron chi connectivity index (χ3n) is 3.35. The van der Waals surface area contributed by atoms with Crippen molar-refractivity contribution in [3.8, 4) is 0 Å². The second-order valence-corrected chi connectivity index (χ2v) is 4.03. The van der Waals surface area contributed by atoms with Gasteiger partial charge in [-0.3, -0.25) is 14.9 Å². The predicted octanol–water partition coefficient (Wildman–Crippen LogP) is 0.0372. The molecule has 13 heavy (non-hydrogen) atoms. The van der Waals surface area contributed by atoms with Gasteiger partial charge in [-0.15, -0.1) is 0 Å². The molecule has 0 saturated heterocycles. The number of nitrogens with one attached hydrogen (secondary N) is 2. The maximum absolute atomic E-state index is 11.6. The van der Waals surface area contributed by atoms with E-state index in [0.717, 1.165) is 12.8 Å². The first-order valence-electron chi connectivity index (χ1n) is 4.44. The molecule has 0 aliphatic heterocycles. The van der Waals surface area contributed by atoms with E-state index in [1.807, 2.05) is 13.8 Å². The number of hydrogen-bond donors (Lipinski definition) is 2. The zero-order valence-corrected chi connectivity index (χ0v) is 8.31. The lowest BCUT2D eigenvalue weighted by Crippen LogP contribution is -2.58. The molecule has 0 radical (unpaired) electrons. The zero-order valence-electron chi connectivity index (χ0n) is 8.31. The van der Waals surface area contributed by atoms with Crippen LogP contribution < -0.4 is 10.6 Å². The molecule has 4 heteroatoms. The van der Waals surface area contributed by atoms with E-state index in [0.29, 0.717) is 6.41 Å². The second kappa shape index (κ2) is 3.10. The van der Waals surface area contributed by atoms with Crippen LogP contribution in [0, 0.1) is 5.41 Å². The Morgan fingerprint density at radius 3 is 2.38 bits per heavy atom. The van der Waals surface area contributed by atoms with Crippen molar-refractivity contribution in [2.45, 2.75) is 32.2 Å². The first-order valence-corrected chi connectivity index (χ1v) is 4.44. The van der Waals surface area contributed by atoms with Crippen molar-refractivity contribution in [2.24, 2.45) is 5.41 Å². The molecule has 4 nitrogen and oxygen atoms in total. The van der Waals surface area contributed by atoms with Crippen LogP contribution in [-0.2, 0) is 9.59 Å². The summed E-state index contributed by atoms with van der Waals surface area (Å²) in [5, 5.41) is 5.20. The van der Waals surface area contributed by atoms with Crippen molar-refractivity contribution in [3.63, 3.8) is 0 Å². The van der Waals surface area contributed by atoms with Gasteiger partial charge in [0.1, 0.15) is 5.54 Å². The van der Waals surface area contributed by atoms with Gasteiger partial charge in [0.15, 0.2) is 0 Å². The van der Waals surface area contributed by atoms with E-state index in [1.165, 1.54) is 0 Å². The Kier molecular flexibility index (Phi) is 2.43. The van der Waals surface area contributed by atoms with Crippen LogP contribution >= 0.6 is 0 Å². The molecular formula is C9H16N2O2. The number of imide groups is 1. The highest BCUT2D eigenvalue weighted by molar-refractivity contribution is 5.94. The average Bonchev–Trinajstić information content (AvgIpc) is 2.84. The summed E-state index contributed by atoms with van der Waals surface area (Å²) in [5.41, 5.74) is -0.636. The molecule has 1 unspecified atom stereocenters. The summed E-state index contributed by atoms with van der Waals surface area (Å²) in [6.45, 7) is 3.88. The highest BCUT2D eigenvalue weighted by atomic mass is 16.2. The molecule has 0 heterocycles. The van der Waals surface area contributed by atoms with E-state index in [-0.39, 0.29) is 11.3 Å². The molecule has 0 aromatic heterocycles. The molecule has 2 amide bonds. The van der Waals surface area contributed by atoms with Gasteiger partial charge in [0.05, 0.1) is 0 Å². The van der Waals surface area contributed by atoms with Crippen LogP contribution in [-0.4, -0.2) is 24.9 Å². The Morgan fingerprint density at radius 1 is 1.54 bits per heavy atom. The Hall–Kier alpha value is -0.900. The van der Waals surface area contributed by atoms with E-state index < -0.39 is 5.54 Å². The van der Waals surface area contributed by atoms with E-state index in [2.05, 4.69) is 10.6 Å². The summed E-state index contributed by atoms with van der Waals surface area (Å²) in [5.74, 6) is -0.245. The van der Waals surface area contributed by atoms with Crippen LogP contribution in [0.15, 0.2) is 0 Å². The largest absolute Gasteiger partial charge is 0.306 e. The topological polar surface area (TPSA) is 58.2 Å². The number of carbonyl (C=O) groups is 2. The highest BCUT2D eigenvalue weighted by Crippen LogP contribution is 2.53. The molecule has 2 N–H and O–H groups in total. The Morgan fingerprint density at radius 2 is 2.08 bits per heavy atom. The number of amides is 2. The van der Waals surface area contributed by atoms with E-state index in [9.17, 15) is 9.59 Å². The van der Waals surface area contributed by atoms with Crippen molar-refractivity contribution < 1.29 is 9.59 Å². The van der Waals surface area contributed by atoms with Gasteiger partial charge >= 0.3 is 0 Å². The third-order valence-corrected chi connectivity index (χ3v) is 3.35. The third kappa shape index (κ3) is 1.46. The fourth-order valence-corrected chi connectivity index (χ4v) is 1.57. The summed E-state index contributed by atoms with van der Waals surface area (Å²) in [6, 6.07) is 0. The molecule has 0 aromatic rings. The molecule has 1 aliphatic rings. The standard InChI is InChI=1S/C9H16N2O2/c1-8(4-5-8)9(2,10-3)7(13)11-6-12/h6,10H,4-5H2,1-3H3,(H,11,12,13). The summed E-state index contributed by atoms with van der Waals surface area (Å²) >= 11 is 0. The molecule has 0 spiro atoms. The summed E-state index contributed by atoms with van der Waals surface area (Å²) < 4.78 is 0. The number of carbonyl (C=O) groups excluding carboxylic acids is 2. The van der Waals surface area contributed by atoms with Crippen LogP contribution in [0.1, 0.15) is 26.7 Å². The van der Waals surface area contributed by atoms with Crippen LogP contribution in [0.4, 0.5) is 0 Å². The van der Waals surface area contributed by atoms with Gasteiger partial charge in [-0.1, -0.05) is 6.92 Å². The smallest absolute Gasteiger partial charge is 0.246 e. The lowest BCUT2D eigenvalue weighted by atomic mass is 9.83. The van der Waals surface area contributed by atoms with E-state index >= 15 is 0 Å². The van der Waals surface area contributed by atoms with Gasteiger partial charge in [0.25, 0.3) is 0 Å². The van der Waals surface area contributed by atoms with Gasteiger partial charge in [-0.05, 0) is 32.2 Å². The van der Waals surface area contributed by atoms with Crippen LogP contribution in [0.5, 0.6) is 0 Å². The number of hydrogen-bond acceptors (Lipinski definition) is 3.